The zero-order valence-corrected chi connectivity index (χ0v) is 17.3. The second-order valence-corrected chi connectivity index (χ2v) is 7.27. The summed E-state index contributed by atoms with van der Waals surface area (Å²) in [6, 6.07) is 12.1. The minimum Gasteiger partial charge on any atom is -0.492 e. The minimum atomic E-state index is -0.554. The Kier molecular flexibility index (Phi) is 5.94. The van der Waals surface area contributed by atoms with Gasteiger partial charge >= 0.3 is 0 Å². The number of nitrogens with zero attached hydrogens (tertiary/aromatic N) is 1. The topological polar surface area (TPSA) is 58.6 Å². The molecule has 1 aliphatic heterocycles. The van der Waals surface area contributed by atoms with Gasteiger partial charge in [0.25, 0.3) is 11.8 Å². The number of halogens is 2. The van der Waals surface area contributed by atoms with E-state index in [0.29, 0.717) is 28.6 Å². The fourth-order valence-electron chi connectivity index (χ4n) is 2.55. The maximum Gasteiger partial charge on any atom is 0.270 e. The van der Waals surface area contributed by atoms with Gasteiger partial charge in [0.1, 0.15) is 11.3 Å². The first-order chi connectivity index (χ1) is 12.9. The van der Waals surface area contributed by atoms with E-state index >= 15 is 0 Å². The number of anilines is 1. The normalized spacial score (nSPS) is 15.9. The molecule has 2 aromatic rings. The van der Waals surface area contributed by atoms with Crippen LogP contribution in [0, 0.1) is 0 Å². The van der Waals surface area contributed by atoms with Crippen molar-refractivity contribution >= 4 is 68.4 Å². The van der Waals surface area contributed by atoms with Crippen LogP contribution in [0.4, 0.5) is 5.69 Å². The van der Waals surface area contributed by atoms with Crippen LogP contribution in [0.1, 0.15) is 12.5 Å². The van der Waals surface area contributed by atoms with Crippen molar-refractivity contribution in [3.05, 3.63) is 63.1 Å². The third-order valence-electron chi connectivity index (χ3n) is 3.73. The van der Waals surface area contributed by atoms with Crippen LogP contribution in [-0.4, -0.2) is 23.5 Å². The van der Waals surface area contributed by atoms with Crippen molar-refractivity contribution in [2.45, 2.75) is 6.92 Å². The first-order valence-electron chi connectivity index (χ1n) is 8.00. The fourth-order valence-corrected chi connectivity index (χ4v) is 3.46. The molecule has 1 heterocycles. The Balaban J connectivity index is 1.98. The van der Waals surface area contributed by atoms with Crippen LogP contribution in [0.5, 0.6) is 5.75 Å². The Morgan fingerprint density at radius 2 is 2.04 bits per heavy atom. The van der Waals surface area contributed by atoms with Crippen LogP contribution in [0.15, 0.2) is 52.5 Å². The molecule has 0 saturated carbocycles. The summed E-state index contributed by atoms with van der Waals surface area (Å²) in [6.45, 7) is 2.34. The number of hydrogen-bond acceptors (Lipinski definition) is 4. The third-order valence-corrected chi connectivity index (χ3v) is 4.81. The molecule has 3 rings (SSSR count). The van der Waals surface area contributed by atoms with Crippen LogP contribution in [0.25, 0.3) is 6.08 Å². The molecule has 0 atom stereocenters. The summed E-state index contributed by atoms with van der Waals surface area (Å²) in [7, 11) is 0. The average molecular weight is 466 g/mol. The largest absolute Gasteiger partial charge is 0.492 e. The van der Waals surface area contributed by atoms with E-state index in [1.165, 1.54) is 11.0 Å². The number of benzene rings is 2. The van der Waals surface area contributed by atoms with Crippen molar-refractivity contribution in [3.8, 4) is 5.75 Å². The summed E-state index contributed by atoms with van der Waals surface area (Å²) in [6.07, 6.45) is 1.48. The summed E-state index contributed by atoms with van der Waals surface area (Å²) in [5.74, 6) is -0.522. The molecule has 0 bridgehead atoms. The second kappa shape index (κ2) is 8.21. The van der Waals surface area contributed by atoms with Gasteiger partial charge in [-0.2, -0.15) is 0 Å². The molecule has 1 fully saturated rings. The summed E-state index contributed by atoms with van der Waals surface area (Å²) >= 11 is 14.7. The molecule has 0 radical (unpaired) electrons. The number of thiocarbonyl (C=S) groups is 1. The van der Waals surface area contributed by atoms with Gasteiger partial charge in [-0.15, -0.1) is 0 Å². The van der Waals surface area contributed by atoms with Gasteiger partial charge in [0.2, 0.25) is 0 Å². The predicted molar refractivity (Wildman–Crippen MR) is 113 cm³/mol. The molecule has 0 spiro atoms. The monoisotopic (exact) mass is 464 g/mol. The molecule has 1 saturated heterocycles. The van der Waals surface area contributed by atoms with Gasteiger partial charge in [0.05, 0.1) is 17.3 Å². The molecule has 1 N–H and O–H groups in total. The molecule has 0 unspecified atom stereocenters. The Labute approximate surface area is 175 Å². The molecule has 8 heteroatoms. The summed E-state index contributed by atoms with van der Waals surface area (Å²) < 4.78 is 6.18. The van der Waals surface area contributed by atoms with Gasteiger partial charge < -0.3 is 4.74 Å². The summed E-state index contributed by atoms with van der Waals surface area (Å²) in [5.41, 5.74) is 1.11. The molecule has 2 aromatic carbocycles. The lowest BCUT2D eigenvalue weighted by Crippen LogP contribution is -2.54. The van der Waals surface area contributed by atoms with Crippen molar-refractivity contribution in [3.63, 3.8) is 0 Å². The van der Waals surface area contributed by atoms with E-state index in [2.05, 4.69) is 21.2 Å². The molecule has 0 aliphatic carbocycles. The lowest BCUT2D eigenvalue weighted by molar-refractivity contribution is -0.122. The molecular weight excluding hydrogens is 452 g/mol. The maximum atomic E-state index is 13.0. The fraction of sp³-hybridized carbons (Fsp3) is 0.105. The number of nitrogens with one attached hydrogen (secondary N) is 1. The van der Waals surface area contributed by atoms with Crippen LogP contribution in [0.2, 0.25) is 5.02 Å². The second-order valence-electron chi connectivity index (χ2n) is 5.56. The molecule has 27 heavy (non-hydrogen) atoms. The number of carbonyl (C=O) groups excluding carboxylic acids is 2. The number of rotatable bonds is 4. The van der Waals surface area contributed by atoms with Crippen LogP contribution in [-0.2, 0) is 9.59 Å². The van der Waals surface area contributed by atoms with E-state index in [1.807, 2.05) is 13.0 Å². The highest BCUT2D eigenvalue weighted by molar-refractivity contribution is 9.10. The first kappa shape index (κ1) is 19.5. The molecule has 138 valence electrons. The Morgan fingerprint density at radius 1 is 1.26 bits per heavy atom. The summed E-state index contributed by atoms with van der Waals surface area (Å²) in [5, 5.41) is 2.98. The number of hydrogen-bond donors (Lipinski definition) is 1. The molecule has 2 amide bonds. The van der Waals surface area contributed by atoms with E-state index in [1.54, 1.807) is 36.4 Å². The average Bonchev–Trinajstić information content (AvgIpc) is 2.61. The van der Waals surface area contributed by atoms with Gasteiger partial charge in [0.15, 0.2) is 5.11 Å². The quantitative estimate of drug-likeness (QED) is 0.415. The van der Waals surface area contributed by atoms with Gasteiger partial charge in [-0.3, -0.25) is 19.8 Å². The third kappa shape index (κ3) is 4.21. The molecule has 5 nitrogen and oxygen atoms in total. The van der Waals surface area contributed by atoms with Crippen molar-refractivity contribution < 1.29 is 14.3 Å². The van der Waals surface area contributed by atoms with E-state index in [0.717, 1.165) is 4.47 Å². The lowest BCUT2D eigenvalue weighted by Gasteiger charge is -2.29. The van der Waals surface area contributed by atoms with Crippen molar-refractivity contribution in [2.24, 2.45) is 0 Å². The van der Waals surface area contributed by atoms with E-state index in [9.17, 15) is 9.59 Å². The van der Waals surface area contributed by atoms with E-state index < -0.39 is 11.8 Å². The molecular formula is C19H14BrClN2O3S. The van der Waals surface area contributed by atoms with Gasteiger partial charge in [-0.1, -0.05) is 39.7 Å². The smallest absolute Gasteiger partial charge is 0.270 e. The molecule has 1 aliphatic rings. The van der Waals surface area contributed by atoms with Crippen molar-refractivity contribution in [2.75, 3.05) is 11.5 Å². The lowest BCUT2D eigenvalue weighted by atomic mass is 10.1. The van der Waals surface area contributed by atoms with Gasteiger partial charge in [0, 0.05) is 4.47 Å². The zero-order chi connectivity index (χ0) is 19.6. The Hall–Kier alpha value is -2.22. The van der Waals surface area contributed by atoms with Crippen LogP contribution < -0.4 is 15.0 Å². The highest BCUT2D eigenvalue weighted by Gasteiger charge is 2.34. The predicted octanol–water partition coefficient (Wildman–Crippen LogP) is 4.33. The zero-order valence-electron chi connectivity index (χ0n) is 14.2. The first-order valence-corrected chi connectivity index (χ1v) is 9.58. The molecule has 0 aromatic heterocycles. The number of amides is 2. The Morgan fingerprint density at radius 3 is 2.70 bits per heavy atom. The van der Waals surface area contributed by atoms with Crippen molar-refractivity contribution in [1.29, 1.82) is 0 Å². The van der Waals surface area contributed by atoms with E-state index in [4.69, 9.17) is 28.6 Å². The highest BCUT2D eigenvalue weighted by atomic mass is 79.9. The van der Waals surface area contributed by atoms with Crippen molar-refractivity contribution in [1.82, 2.24) is 5.32 Å². The SMILES string of the molecule is CCOc1ccc(/C=C2\C(=O)NC(=S)N(c3cccc(Br)c3)C2=O)cc1Cl. The van der Waals surface area contributed by atoms with Crippen LogP contribution >= 0.6 is 39.7 Å². The van der Waals surface area contributed by atoms with Gasteiger partial charge in [-0.05, 0) is 61.1 Å². The number of ether oxygens (including phenoxy) is 1. The summed E-state index contributed by atoms with van der Waals surface area (Å²) in [4.78, 5) is 26.6. The highest BCUT2D eigenvalue weighted by Crippen LogP contribution is 2.28. The Bertz CT molecular complexity index is 977. The maximum absolute atomic E-state index is 13.0. The standard InChI is InChI=1S/C19H14BrClN2O3S/c1-2-26-16-7-6-11(9-15(16)21)8-14-17(24)22-19(27)23(18(14)25)13-5-3-4-12(20)10-13/h3-10H,2H2,1H3,(H,22,24,27)/b14-8+. The van der Waals surface area contributed by atoms with Crippen LogP contribution in [0.3, 0.4) is 0 Å². The van der Waals surface area contributed by atoms with E-state index in [-0.39, 0.29) is 10.7 Å². The number of carbonyl (C=O) groups is 2. The minimum absolute atomic E-state index is 0.0324. The van der Waals surface area contributed by atoms with Gasteiger partial charge in [-0.25, -0.2) is 0 Å².